The van der Waals surface area contributed by atoms with Gasteiger partial charge < -0.3 is 18.9 Å². The SMILES string of the molecule is CCCCc1cc2cc(N(C)C=O)ccn2c1C(=O)c1ccc(OCCCN(CCCC)CCCC)cc1. The van der Waals surface area contributed by atoms with Crippen LogP contribution in [-0.2, 0) is 11.2 Å². The van der Waals surface area contributed by atoms with E-state index in [2.05, 4.69) is 31.7 Å². The Hall–Kier alpha value is -3.12. The Morgan fingerprint density at radius 1 is 0.895 bits per heavy atom. The molecule has 0 unspecified atom stereocenters. The molecule has 1 aromatic carbocycles. The number of anilines is 1. The highest BCUT2D eigenvalue weighted by Crippen LogP contribution is 2.26. The van der Waals surface area contributed by atoms with Crippen LogP contribution in [0.1, 0.15) is 87.3 Å². The van der Waals surface area contributed by atoms with E-state index in [9.17, 15) is 9.59 Å². The van der Waals surface area contributed by atoms with Gasteiger partial charge in [0.2, 0.25) is 12.2 Å². The van der Waals surface area contributed by atoms with Crippen LogP contribution in [-0.4, -0.2) is 54.8 Å². The largest absolute Gasteiger partial charge is 0.494 e. The number of nitrogens with zero attached hydrogens (tertiary/aromatic N) is 3. The number of ketones is 1. The fraction of sp³-hybridized carbons (Fsp3) is 0.500. The molecule has 0 saturated carbocycles. The summed E-state index contributed by atoms with van der Waals surface area (Å²) in [5.41, 5.74) is 4.10. The first-order valence-corrected chi connectivity index (χ1v) is 14.3. The van der Waals surface area contributed by atoms with Crippen LogP contribution in [0.2, 0.25) is 0 Å². The van der Waals surface area contributed by atoms with Crippen molar-refractivity contribution in [2.75, 3.05) is 38.2 Å². The van der Waals surface area contributed by atoms with Crippen molar-refractivity contribution in [2.24, 2.45) is 0 Å². The monoisotopic (exact) mass is 519 g/mol. The Labute approximate surface area is 228 Å². The van der Waals surface area contributed by atoms with Crippen LogP contribution in [0.3, 0.4) is 0 Å². The summed E-state index contributed by atoms with van der Waals surface area (Å²) in [5, 5.41) is 0. The number of fused-ring (bicyclic) bond motifs is 1. The van der Waals surface area contributed by atoms with Crippen molar-refractivity contribution in [3.05, 3.63) is 65.5 Å². The molecule has 0 radical (unpaired) electrons. The van der Waals surface area contributed by atoms with Gasteiger partial charge in [-0.2, -0.15) is 0 Å². The van der Waals surface area contributed by atoms with Crippen LogP contribution in [0, 0.1) is 0 Å². The van der Waals surface area contributed by atoms with E-state index in [0.717, 1.165) is 74.2 Å². The zero-order valence-electron chi connectivity index (χ0n) is 23.7. The van der Waals surface area contributed by atoms with E-state index in [1.165, 1.54) is 30.6 Å². The van der Waals surface area contributed by atoms with Gasteiger partial charge in [-0.05, 0) is 93.2 Å². The lowest BCUT2D eigenvalue weighted by Crippen LogP contribution is -2.28. The predicted octanol–water partition coefficient (Wildman–Crippen LogP) is 6.78. The Balaban J connectivity index is 1.68. The topological polar surface area (TPSA) is 54.3 Å². The highest BCUT2D eigenvalue weighted by atomic mass is 16.5. The summed E-state index contributed by atoms with van der Waals surface area (Å²) in [4.78, 5) is 29.0. The smallest absolute Gasteiger partial charge is 0.213 e. The number of hydrogen-bond acceptors (Lipinski definition) is 4. The fourth-order valence-electron chi connectivity index (χ4n) is 4.73. The van der Waals surface area contributed by atoms with Crippen LogP contribution in [0.5, 0.6) is 5.75 Å². The number of ether oxygens (including phenoxy) is 1. The van der Waals surface area contributed by atoms with Gasteiger partial charge in [-0.1, -0.05) is 40.0 Å². The maximum Gasteiger partial charge on any atom is 0.213 e. The molecule has 0 fully saturated rings. The summed E-state index contributed by atoms with van der Waals surface area (Å²) in [6.07, 6.45) is 11.5. The van der Waals surface area contributed by atoms with Crippen LogP contribution < -0.4 is 9.64 Å². The third-order valence-electron chi connectivity index (χ3n) is 7.08. The van der Waals surface area contributed by atoms with Crippen molar-refractivity contribution < 1.29 is 14.3 Å². The molecular formula is C32H45N3O3. The van der Waals surface area contributed by atoms with Crippen molar-refractivity contribution in [2.45, 2.75) is 72.1 Å². The van der Waals surface area contributed by atoms with E-state index < -0.39 is 0 Å². The van der Waals surface area contributed by atoms with Crippen molar-refractivity contribution in [3.8, 4) is 5.75 Å². The first-order chi connectivity index (χ1) is 18.5. The third kappa shape index (κ3) is 7.94. The third-order valence-corrected chi connectivity index (χ3v) is 7.08. The Bertz CT molecular complexity index is 1140. The van der Waals surface area contributed by atoms with E-state index in [0.29, 0.717) is 17.9 Å². The highest BCUT2D eigenvalue weighted by Gasteiger charge is 2.20. The van der Waals surface area contributed by atoms with E-state index in [4.69, 9.17) is 4.74 Å². The summed E-state index contributed by atoms with van der Waals surface area (Å²) < 4.78 is 7.95. The minimum Gasteiger partial charge on any atom is -0.494 e. The quantitative estimate of drug-likeness (QED) is 0.106. The molecule has 3 aromatic rings. The minimum absolute atomic E-state index is 0.00151. The first-order valence-electron chi connectivity index (χ1n) is 14.3. The fourth-order valence-corrected chi connectivity index (χ4v) is 4.73. The van der Waals surface area contributed by atoms with Crippen molar-refractivity contribution in [1.29, 1.82) is 0 Å². The number of pyridine rings is 1. The lowest BCUT2D eigenvalue weighted by molar-refractivity contribution is -0.107. The number of carbonyl (C=O) groups excluding carboxylic acids is 2. The standard InChI is InChI=1S/C32H45N3O3/c1-5-8-12-27-23-29-24-28(33(4)25-36)17-21-35(29)31(27)32(37)26-13-15-30(16-14-26)38-22-11-20-34(18-9-6-2)19-10-7-3/h13-17,21,23-25H,5-12,18-20,22H2,1-4H3. The van der Waals surface area contributed by atoms with Gasteiger partial charge in [0.25, 0.3) is 0 Å². The van der Waals surface area contributed by atoms with Gasteiger partial charge in [-0.3, -0.25) is 9.59 Å². The molecule has 206 valence electrons. The van der Waals surface area contributed by atoms with Crippen LogP contribution in [0.4, 0.5) is 5.69 Å². The number of benzene rings is 1. The molecule has 38 heavy (non-hydrogen) atoms. The molecular weight excluding hydrogens is 474 g/mol. The molecule has 6 heteroatoms. The number of unbranched alkanes of at least 4 members (excludes halogenated alkanes) is 3. The first kappa shape index (κ1) is 29.4. The number of aromatic nitrogens is 1. The number of rotatable bonds is 18. The molecule has 0 aliphatic rings. The zero-order chi connectivity index (χ0) is 27.3. The minimum atomic E-state index is 0.00151. The zero-order valence-corrected chi connectivity index (χ0v) is 23.7. The van der Waals surface area contributed by atoms with E-state index in [1.807, 2.05) is 47.0 Å². The van der Waals surface area contributed by atoms with Gasteiger partial charge in [0.15, 0.2) is 0 Å². The van der Waals surface area contributed by atoms with Crippen molar-refractivity contribution in [3.63, 3.8) is 0 Å². The molecule has 3 rings (SSSR count). The second-order valence-corrected chi connectivity index (χ2v) is 10.1. The molecule has 0 saturated heterocycles. The van der Waals surface area contributed by atoms with E-state index in [1.54, 1.807) is 7.05 Å². The van der Waals surface area contributed by atoms with Crippen LogP contribution in [0.25, 0.3) is 5.52 Å². The lowest BCUT2D eigenvalue weighted by Gasteiger charge is -2.21. The van der Waals surface area contributed by atoms with E-state index >= 15 is 0 Å². The maximum atomic E-state index is 13.7. The molecule has 0 N–H and O–H groups in total. The predicted molar refractivity (Wildman–Crippen MR) is 157 cm³/mol. The van der Waals surface area contributed by atoms with Gasteiger partial charge in [0.05, 0.1) is 12.3 Å². The second-order valence-electron chi connectivity index (χ2n) is 10.1. The van der Waals surface area contributed by atoms with Crippen LogP contribution >= 0.6 is 0 Å². The summed E-state index contributed by atoms with van der Waals surface area (Å²) in [5.74, 6) is 0.796. The van der Waals surface area contributed by atoms with Gasteiger partial charge in [0, 0.05) is 36.6 Å². The van der Waals surface area contributed by atoms with Crippen LogP contribution in [0.15, 0.2) is 48.7 Å². The summed E-state index contributed by atoms with van der Waals surface area (Å²) >= 11 is 0. The normalized spacial score (nSPS) is 11.3. The average Bonchev–Trinajstić information content (AvgIpc) is 3.32. The molecule has 0 atom stereocenters. The Morgan fingerprint density at radius 3 is 2.18 bits per heavy atom. The van der Waals surface area contributed by atoms with Crippen molar-refractivity contribution >= 4 is 23.4 Å². The number of aryl methyl sites for hydroxylation is 1. The summed E-state index contributed by atoms with van der Waals surface area (Å²) in [6.45, 7) is 10.7. The molecule has 0 aliphatic carbocycles. The molecule has 2 heterocycles. The lowest BCUT2D eigenvalue weighted by atomic mass is 10.0. The van der Waals surface area contributed by atoms with Gasteiger partial charge >= 0.3 is 0 Å². The molecule has 0 aliphatic heterocycles. The summed E-state index contributed by atoms with van der Waals surface area (Å²) in [6, 6.07) is 13.4. The van der Waals surface area contributed by atoms with Crippen molar-refractivity contribution in [1.82, 2.24) is 9.30 Å². The van der Waals surface area contributed by atoms with Gasteiger partial charge in [-0.15, -0.1) is 0 Å². The summed E-state index contributed by atoms with van der Waals surface area (Å²) in [7, 11) is 1.73. The Kier molecular flexibility index (Phi) is 11.9. The number of hydrogen-bond donors (Lipinski definition) is 0. The average molecular weight is 520 g/mol. The maximum absolute atomic E-state index is 13.7. The van der Waals surface area contributed by atoms with E-state index in [-0.39, 0.29) is 5.78 Å². The molecule has 0 spiro atoms. The number of carbonyl (C=O) groups is 2. The number of amides is 1. The molecule has 0 bridgehead atoms. The molecule has 6 nitrogen and oxygen atoms in total. The second kappa shape index (κ2) is 15.3. The highest BCUT2D eigenvalue weighted by molar-refractivity contribution is 6.09. The molecule has 1 amide bonds. The van der Waals surface area contributed by atoms with Gasteiger partial charge in [-0.25, -0.2) is 0 Å². The van der Waals surface area contributed by atoms with Gasteiger partial charge in [0.1, 0.15) is 5.75 Å². The Morgan fingerprint density at radius 2 is 1.55 bits per heavy atom. The molecule has 2 aromatic heterocycles.